The van der Waals surface area contributed by atoms with Gasteiger partial charge in [0.05, 0.1) is 24.8 Å². The highest BCUT2D eigenvalue weighted by Crippen LogP contribution is 2.39. The van der Waals surface area contributed by atoms with Crippen LogP contribution >= 0.6 is 0 Å². The maximum Gasteiger partial charge on any atom is 0.186 e. The zero-order chi connectivity index (χ0) is 14.5. The Bertz CT molecular complexity index is 643. The molecule has 0 aliphatic carbocycles. The topological polar surface area (TPSA) is 140 Å². The summed E-state index contributed by atoms with van der Waals surface area (Å²) in [6.07, 6.45) is -0.291. The van der Waals surface area contributed by atoms with Gasteiger partial charge >= 0.3 is 0 Å². The molecule has 2 aromatic heterocycles. The third-order valence-electron chi connectivity index (χ3n) is 3.58. The van der Waals surface area contributed by atoms with Gasteiger partial charge in [0.2, 0.25) is 0 Å². The highest BCUT2D eigenvalue weighted by molar-refractivity contribution is 5.82. The van der Waals surface area contributed by atoms with Gasteiger partial charge < -0.3 is 25.8 Å². The van der Waals surface area contributed by atoms with Crippen LogP contribution in [0.1, 0.15) is 13.2 Å². The molecule has 0 radical (unpaired) electrons. The Balaban J connectivity index is 2.10. The zero-order valence-electron chi connectivity index (χ0n) is 10.7. The molecule has 0 saturated carbocycles. The number of ether oxygens (including phenoxy) is 1. The van der Waals surface area contributed by atoms with Gasteiger partial charge in [0.1, 0.15) is 23.3 Å². The van der Waals surface area contributed by atoms with Gasteiger partial charge in [-0.3, -0.25) is 4.57 Å². The number of fused-ring (bicyclic) bond motifs is 1. The van der Waals surface area contributed by atoms with E-state index >= 15 is 0 Å². The van der Waals surface area contributed by atoms with E-state index in [0.29, 0.717) is 16.9 Å². The second kappa shape index (κ2) is 4.35. The van der Waals surface area contributed by atoms with Crippen molar-refractivity contribution in [3.05, 3.63) is 12.5 Å². The first-order valence-electron chi connectivity index (χ1n) is 6.07. The van der Waals surface area contributed by atoms with Crippen molar-refractivity contribution in [3.63, 3.8) is 0 Å². The van der Waals surface area contributed by atoms with E-state index in [1.807, 2.05) is 0 Å². The lowest BCUT2D eigenvalue weighted by molar-refractivity contribution is -0.0950. The van der Waals surface area contributed by atoms with Crippen LogP contribution in [0.5, 0.6) is 0 Å². The average Bonchev–Trinajstić information content (AvgIpc) is 2.92. The average molecular weight is 281 g/mol. The van der Waals surface area contributed by atoms with Crippen LogP contribution in [0.2, 0.25) is 0 Å². The summed E-state index contributed by atoms with van der Waals surface area (Å²) in [5.74, 6) is 0. The molecular formula is C11H15N5O4. The summed E-state index contributed by atoms with van der Waals surface area (Å²) >= 11 is 0. The molecule has 20 heavy (non-hydrogen) atoms. The molecule has 0 aromatic carbocycles. The largest absolute Gasteiger partial charge is 0.396 e. The molecule has 0 bridgehead atoms. The van der Waals surface area contributed by atoms with Gasteiger partial charge in [-0.05, 0) is 6.92 Å². The van der Waals surface area contributed by atoms with Gasteiger partial charge in [0.15, 0.2) is 11.9 Å². The number of nitrogens with zero attached hydrogens (tertiary/aromatic N) is 4. The van der Waals surface area contributed by atoms with E-state index in [0.717, 1.165) is 0 Å². The third-order valence-corrected chi connectivity index (χ3v) is 3.58. The fourth-order valence-electron chi connectivity index (χ4n) is 2.43. The van der Waals surface area contributed by atoms with Crippen molar-refractivity contribution >= 4 is 16.9 Å². The lowest BCUT2D eigenvalue weighted by Crippen LogP contribution is -2.44. The van der Waals surface area contributed by atoms with Crippen LogP contribution < -0.4 is 5.73 Å². The molecule has 0 amide bonds. The SMILES string of the molecule is C[C@@]1(O)[C@H](O)[C@@H](CO)O[C@H]1n1cnc2c(N)cnnc21. The molecule has 0 spiro atoms. The highest BCUT2D eigenvalue weighted by Gasteiger charge is 2.53. The lowest BCUT2D eigenvalue weighted by atomic mass is 9.96. The van der Waals surface area contributed by atoms with Crippen molar-refractivity contribution in [3.8, 4) is 0 Å². The lowest BCUT2D eigenvalue weighted by Gasteiger charge is -2.27. The fraction of sp³-hybridized carbons (Fsp3) is 0.545. The summed E-state index contributed by atoms with van der Waals surface area (Å²) in [4.78, 5) is 4.10. The Morgan fingerprint density at radius 1 is 1.55 bits per heavy atom. The molecule has 1 saturated heterocycles. The number of nitrogens with two attached hydrogens (primary N) is 1. The molecule has 2 aromatic rings. The molecule has 9 heteroatoms. The number of imidazole rings is 1. The molecule has 4 atom stereocenters. The fourth-order valence-corrected chi connectivity index (χ4v) is 2.43. The Morgan fingerprint density at radius 2 is 2.30 bits per heavy atom. The van der Waals surface area contributed by atoms with Crippen molar-refractivity contribution in [1.82, 2.24) is 19.7 Å². The molecule has 1 aliphatic heterocycles. The quantitative estimate of drug-likeness (QED) is 0.516. The summed E-state index contributed by atoms with van der Waals surface area (Å²) in [5, 5.41) is 37.2. The van der Waals surface area contributed by atoms with E-state index in [-0.39, 0.29) is 0 Å². The summed E-state index contributed by atoms with van der Waals surface area (Å²) in [6, 6.07) is 0. The van der Waals surface area contributed by atoms with E-state index in [1.54, 1.807) is 0 Å². The van der Waals surface area contributed by atoms with Crippen LogP contribution in [0.25, 0.3) is 11.2 Å². The standard InChI is InChI=1S/C11H15N5O4/c1-11(19)8(18)6(3-17)20-10(11)16-4-13-7-5(12)2-14-15-9(7)16/h2,4,6,8,10,17-19H,3H2,1H3,(H2,12,15)/t6-,8-,10-,11-/m1/s1. The molecule has 3 heterocycles. The Kier molecular flexibility index (Phi) is 2.87. The van der Waals surface area contributed by atoms with Gasteiger partial charge in [-0.25, -0.2) is 4.98 Å². The highest BCUT2D eigenvalue weighted by atomic mass is 16.6. The zero-order valence-corrected chi connectivity index (χ0v) is 10.7. The van der Waals surface area contributed by atoms with Gasteiger partial charge in [-0.1, -0.05) is 0 Å². The van der Waals surface area contributed by atoms with Crippen LogP contribution in [0.15, 0.2) is 12.5 Å². The Labute approximate surface area is 113 Å². The molecule has 0 unspecified atom stereocenters. The molecule has 3 rings (SSSR count). The van der Waals surface area contributed by atoms with E-state index in [2.05, 4.69) is 15.2 Å². The minimum Gasteiger partial charge on any atom is -0.396 e. The van der Waals surface area contributed by atoms with Crippen LogP contribution in [0, 0.1) is 0 Å². The molecule has 9 nitrogen and oxygen atoms in total. The predicted molar refractivity (Wildman–Crippen MR) is 67.4 cm³/mol. The number of hydrogen-bond donors (Lipinski definition) is 4. The van der Waals surface area contributed by atoms with Crippen molar-refractivity contribution in [2.45, 2.75) is 31.0 Å². The van der Waals surface area contributed by atoms with E-state index in [1.165, 1.54) is 24.0 Å². The first-order valence-corrected chi connectivity index (χ1v) is 6.07. The Morgan fingerprint density at radius 3 is 2.95 bits per heavy atom. The Hall–Kier alpha value is -1.81. The number of rotatable bonds is 2. The maximum absolute atomic E-state index is 10.4. The summed E-state index contributed by atoms with van der Waals surface area (Å²) < 4.78 is 6.94. The first kappa shape index (κ1) is 13.2. The molecule has 108 valence electrons. The summed E-state index contributed by atoms with van der Waals surface area (Å²) in [6.45, 7) is 1.01. The van der Waals surface area contributed by atoms with Crippen LogP contribution in [-0.4, -0.2) is 59.5 Å². The third kappa shape index (κ3) is 1.68. The van der Waals surface area contributed by atoms with Gasteiger partial charge in [0, 0.05) is 0 Å². The van der Waals surface area contributed by atoms with E-state index < -0.39 is 30.6 Å². The number of aromatic nitrogens is 4. The molecular weight excluding hydrogens is 266 g/mol. The maximum atomic E-state index is 10.4. The van der Waals surface area contributed by atoms with Crippen molar-refractivity contribution in [2.24, 2.45) is 0 Å². The number of hydrogen-bond acceptors (Lipinski definition) is 8. The minimum absolute atomic E-state index is 0.334. The van der Waals surface area contributed by atoms with Crippen molar-refractivity contribution in [2.75, 3.05) is 12.3 Å². The van der Waals surface area contributed by atoms with Crippen molar-refractivity contribution in [1.29, 1.82) is 0 Å². The minimum atomic E-state index is -1.60. The summed E-state index contributed by atoms with van der Waals surface area (Å²) in [7, 11) is 0. The van der Waals surface area contributed by atoms with E-state index in [4.69, 9.17) is 10.5 Å². The van der Waals surface area contributed by atoms with Crippen LogP contribution in [0.3, 0.4) is 0 Å². The summed E-state index contributed by atoms with van der Waals surface area (Å²) in [5.41, 5.74) is 5.26. The first-order chi connectivity index (χ1) is 9.46. The molecule has 1 aliphatic rings. The number of aliphatic hydroxyl groups is 3. The van der Waals surface area contributed by atoms with Gasteiger partial charge in [-0.2, -0.15) is 5.10 Å². The molecule has 1 fully saturated rings. The predicted octanol–water partition coefficient (Wildman–Crippen LogP) is -1.59. The number of nitrogen functional groups attached to an aromatic ring is 1. The number of aliphatic hydroxyl groups excluding tert-OH is 2. The monoisotopic (exact) mass is 281 g/mol. The van der Waals surface area contributed by atoms with Gasteiger partial charge in [0.25, 0.3) is 0 Å². The van der Waals surface area contributed by atoms with Crippen LogP contribution in [-0.2, 0) is 4.74 Å². The normalized spacial score (nSPS) is 33.9. The smallest absolute Gasteiger partial charge is 0.186 e. The van der Waals surface area contributed by atoms with Crippen molar-refractivity contribution < 1.29 is 20.1 Å². The van der Waals surface area contributed by atoms with Gasteiger partial charge in [-0.15, -0.1) is 5.10 Å². The second-order valence-electron chi connectivity index (χ2n) is 5.00. The van der Waals surface area contributed by atoms with E-state index in [9.17, 15) is 15.3 Å². The number of anilines is 1. The second-order valence-corrected chi connectivity index (χ2v) is 5.00. The molecule has 5 N–H and O–H groups in total. The van der Waals surface area contributed by atoms with Crippen LogP contribution in [0.4, 0.5) is 5.69 Å².